The van der Waals surface area contributed by atoms with Gasteiger partial charge in [0.1, 0.15) is 10.6 Å². The third kappa shape index (κ3) is 3.48. The van der Waals surface area contributed by atoms with Crippen molar-refractivity contribution in [2.45, 2.75) is 25.2 Å². The zero-order chi connectivity index (χ0) is 16.3. The molecule has 0 atom stereocenters. The lowest BCUT2D eigenvalue weighted by Crippen LogP contribution is -2.27. The van der Waals surface area contributed by atoms with Gasteiger partial charge in [-0.25, -0.2) is 13.1 Å². The molecule has 0 amide bonds. The smallest absolute Gasteiger partial charge is 0.244 e. The number of methoxy groups -OCH3 is 1. The number of aromatic nitrogens is 2. The van der Waals surface area contributed by atoms with E-state index in [1.807, 2.05) is 24.3 Å². The molecule has 0 unspecified atom stereocenters. The van der Waals surface area contributed by atoms with Crippen LogP contribution in [0, 0.1) is 13.8 Å². The molecule has 0 spiro atoms. The number of aryl methyl sites for hydroxylation is 2. The molecule has 0 aliphatic carbocycles. The summed E-state index contributed by atoms with van der Waals surface area (Å²) in [6, 6.07) is 7.58. The first kappa shape index (κ1) is 16.5. The van der Waals surface area contributed by atoms with Crippen LogP contribution in [0.2, 0.25) is 0 Å². The van der Waals surface area contributed by atoms with Crippen LogP contribution in [0.5, 0.6) is 5.75 Å². The van der Waals surface area contributed by atoms with Crippen molar-refractivity contribution in [1.82, 2.24) is 14.5 Å². The van der Waals surface area contributed by atoms with E-state index in [2.05, 4.69) is 9.82 Å². The summed E-state index contributed by atoms with van der Waals surface area (Å²) in [7, 11) is -0.211. The van der Waals surface area contributed by atoms with Crippen LogP contribution in [0.15, 0.2) is 29.2 Å². The van der Waals surface area contributed by atoms with Gasteiger partial charge in [-0.05, 0) is 38.0 Å². The molecule has 120 valence electrons. The maximum Gasteiger partial charge on any atom is 0.244 e. The molecule has 0 saturated heterocycles. The van der Waals surface area contributed by atoms with Gasteiger partial charge in [-0.3, -0.25) is 4.68 Å². The van der Waals surface area contributed by atoms with E-state index >= 15 is 0 Å². The van der Waals surface area contributed by atoms with E-state index in [1.165, 1.54) is 0 Å². The van der Waals surface area contributed by atoms with Crippen LogP contribution in [0.3, 0.4) is 0 Å². The van der Waals surface area contributed by atoms with Gasteiger partial charge in [0.05, 0.1) is 18.5 Å². The van der Waals surface area contributed by atoms with Crippen molar-refractivity contribution in [1.29, 1.82) is 0 Å². The van der Waals surface area contributed by atoms with Crippen LogP contribution in [0.25, 0.3) is 0 Å². The summed E-state index contributed by atoms with van der Waals surface area (Å²) >= 11 is 0. The molecule has 7 heteroatoms. The minimum absolute atomic E-state index is 0.264. The Kier molecular flexibility index (Phi) is 4.87. The molecule has 0 saturated carbocycles. The fourth-order valence-corrected chi connectivity index (χ4v) is 3.84. The number of benzene rings is 1. The Morgan fingerprint density at radius 3 is 2.64 bits per heavy atom. The van der Waals surface area contributed by atoms with E-state index in [1.54, 1.807) is 32.7 Å². The Morgan fingerprint density at radius 2 is 2.05 bits per heavy atom. The standard InChI is InChI=1S/C15H21N3O3S/c1-11-15(12(2)18(3)17-11)22(19,20)16-9-8-13-6-5-7-14(10-13)21-4/h5-7,10,16H,8-9H2,1-4H3. The lowest BCUT2D eigenvalue weighted by Gasteiger charge is -2.08. The lowest BCUT2D eigenvalue weighted by atomic mass is 10.1. The van der Waals surface area contributed by atoms with Gasteiger partial charge in [-0.2, -0.15) is 5.10 Å². The SMILES string of the molecule is COc1cccc(CCNS(=O)(=O)c2c(C)nn(C)c2C)c1. The number of nitrogens with one attached hydrogen (secondary N) is 1. The highest BCUT2D eigenvalue weighted by molar-refractivity contribution is 7.89. The van der Waals surface area contributed by atoms with Gasteiger partial charge in [0.2, 0.25) is 10.0 Å². The maximum atomic E-state index is 12.4. The van der Waals surface area contributed by atoms with Crippen molar-refractivity contribution >= 4 is 10.0 Å². The molecule has 2 rings (SSSR count). The van der Waals surface area contributed by atoms with Crippen LogP contribution in [0.1, 0.15) is 17.0 Å². The summed E-state index contributed by atoms with van der Waals surface area (Å²) in [4.78, 5) is 0.264. The number of nitrogens with zero attached hydrogens (tertiary/aromatic N) is 2. The number of hydrogen-bond acceptors (Lipinski definition) is 4. The monoisotopic (exact) mass is 323 g/mol. The fourth-order valence-electron chi connectivity index (χ4n) is 2.37. The van der Waals surface area contributed by atoms with E-state index in [0.717, 1.165) is 11.3 Å². The fraction of sp³-hybridized carbons (Fsp3) is 0.400. The Balaban J connectivity index is 2.07. The van der Waals surface area contributed by atoms with Gasteiger partial charge in [-0.15, -0.1) is 0 Å². The molecule has 0 radical (unpaired) electrons. The predicted molar refractivity (Wildman–Crippen MR) is 84.6 cm³/mol. The summed E-state index contributed by atoms with van der Waals surface area (Å²) in [5.74, 6) is 0.763. The highest BCUT2D eigenvalue weighted by Gasteiger charge is 2.23. The van der Waals surface area contributed by atoms with Gasteiger partial charge in [0, 0.05) is 13.6 Å². The van der Waals surface area contributed by atoms with Crippen molar-refractivity contribution in [2.75, 3.05) is 13.7 Å². The molecule has 0 aliphatic heterocycles. The van der Waals surface area contributed by atoms with E-state index in [0.29, 0.717) is 24.4 Å². The average Bonchev–Trinajstić information content (AvgIpc) is 2.72. The van der Waals surface area contributed by atoms with Gasteiger partial charge >= 0.3 is 0 Å². The van der Waals surface area contributed by atoms with Crippen molar-refractivity contribution in [3.63, 3.8) is 0 Å². The first-order valence-electron chi connectivity index (χ1n) is 6.98. The number of hydrogen-bond donors (Lipinski definition) is 1. The largest absolute Gasteiger partial charge is 0.497 e. The molecule has 1 heterocycles. The normalized spacial score (nSPS) is 11.6. The third-order valence-corrected chi connectivity index (χ3v) is 5.26. The highest BCUT2D eigenvalue weighted by atomic mass is 32.2. The Morgan fingerprint density at radius 1 is 1.32 bits per heavy atom. The predicted octanol–water partition coefficient (Wildman–Crippen LogP) is 1.57. The molecular formula is C15H21N3O3S. The average molecular weight is 323 g/mol. The Labute approximate surface area is 131 Å². The molecular weight excluding hydrogens is 302 g/mol. The van der Waals surface area contributed by atoms with Gasteiger partial charge in [-0.1, -0.05) is 12.1 Å². The Bertz CT molecular complexity index is 766. The molecule has 1 aromatic carbocycles. The molecule has 2 aromatic rings. The first-order valence-corrected chi connectivity index (χ1v) is 8.46. The summed E-state index contributed by atoms with van der Waals surface area (Å²) in [5.41, 5.74) is 2.15. The van der Waals surface area contributed by atoms with E-state index in [-0.39, 0.29) is 4.90 Å². The van der Waals surface area contributed by atoms with E-state index in [9.17, 15) is 8.42 Å². The van der Waals surface area contributed by atoms with E-state index < -0.39 is 10.0 Å². The quantitative estimate of drug-likeness (QED) is 0.876. The van der Waals surface area contributed by atoms with Gasteiger partial charge < -0.3 is 4.74 Å². The first-order chi connectivity index (χ1) is 10.3. The van der Waals surface area contributed by atoms with E-state index in [4.69, 9.17) is 4.74 Å². The molecule has 0 aliphatic rings. The summed E-state index contributed by atoms with van der Waals surface area (Å²) in [5, 5.41) is 4.15. The summed E-state index contributed by atoms with van der Waals surface area (Å²) < 4.78 is 34.2. The number of ether oxygens (including phenoxy) is 1. The highest BCUT2D eigenvalue weighted by Crippen LogP contribution is 2.18. The molecule has 0 fully saturated rings. The lowest BCUT2D eigenvalue weighted by molar-refractivity contribution is 0.414. The van der Waals surface area contributed by atoms with Crippen LogP contribution in [0.4, 0.5) is 0 Å². The topological polar surface area (TPSA) is 73.2 Å². The molecule has 22 heavy (non-hydrogen) atoms. The zero-order valence-corrected chi connectivity index (χ0v) is 14.1. The second-order valence-electron chi connectivity index (χ2n) is 5.12. The second kappa shape index (κ2) is 6.50. The van der Waals surface area contributed by atoms with Crippen molar-refractivity contribution in [3.05, 3.63) is 41.2 Å². The van der Waals surface area contributed by atoms with Gasteiger partial charge in [0.25, 0.3) is 0 Å². The molecule has 1 aromatic heterocycles. The molecule has 6 nitrogen and oxygen atoms in total. The molecule has 0 bridgehead atoms. The minimum atomic E-state index is -3.55. The van der Waals surface area contributed by atoms with Crippen LogP contribution in [-0.2, 0) is 23.5 Å². The van der Waals surface area contributed by atoms with Crippen LogP contribution in [-0.4, -0.2) is 31.9 Å². The Hall–Kier alpha value is -1.86. The minimum Gasteiger partial charge on any atom is -0.497 e. The second-order valence-corrected chi connectivity index (χ2v) is 6.83. The number of rotatable bonds is 6. The van der Waals surface area contributed by atoms with Gasteiger partial charge in [0.15, 0.2) is 0 Å². The number of sulfonamides is 1. The zero-order valence-electron chi connectivity index (χ0n) is 13.3. The summed E-state index contributed by atoms with van der Waals surface area (Å²) in [6.07, 6.45) is 0.592. The maximum absolute atomic E-state index is 12.4. The molecule has 1 N–H and O–H groups in total. The van der Waals surface area contributed by atoms with Crippen molar-refractivity contribution in [2.24, 2.45) is 7.05 Å². The summed E-state index contributed by atoms with van der Waals surface area (Å²) in [6.45, 7) is 3.77. The van der Waals surface area contributed by atoms with Crippen molar-refractivity contribution in [3.8, 4) is 5.75 Å². The third-order valence-electron chi connectivity index (χ3n) is 3.55. The van der Waals surface area contributed by atoms with Crippen LogP contribution >= 0.6 is 0 Å². The van der Waals surface area contributed by atoms with Crippen molar-refractivity contribution < 1.29 is 13.2 Å². The van der Waals surface area contributed by atoms with Crippen LogP contribution < -0.4 is 9.46 Å².